The maximum absolute atomic E-state index is 11.1. The molecular formula is C8H14N2O3. The largest absolute Gasteiger partial charge is 0.381 e. The van der Waals surface area contributed by atoms with Crippen LogP contribution in [0, 0.1) is 11.8 Å². The van der Waals surface area contributed by atoms with Crippen LogP contribution in [0.15, 0.2) is 0 Å². The van der Waals surface area contributed by atoms with E-state index in [-0.39, 0.29) is 6.03 Å². The average Bonchev–Trinajstić information content (AvgIpc) is 2.63. The Kier molecular flexibility index (Phi) is 2.37. The Morgan fingerprint density at radius 2 is 2.23 bits per heavy atom. The van der Waals surface area contributed by atoms with Gasteiger partial charge in [0, 0.05) is 17.9 Å². The van der Waals surface area contributed by atoms with Gasteiger partial charge in [-0.05, 0) is 6.92 Å². The quantitative estimate of drug-likeness (QED) is 0.604. The van der Waals surface area contributed by atoms with Gasteiger partial charge in [-0.1, -0.05) is 0 Å². The molecule has 1 saturated carbocycles. The van der Waals surface area contributed by atoms with Crippen molar-refractivity contribution in [3.05, 3.63) is 0 Å². The van der Waals surface area contributed by atoms with E-state index in [4.69, 9.17) is 9.57 Å². The van der Waals surface area contributed by atoms with Gasteiger partial charge in [0.25, 0.3) is 0 Å². The van der Waals surface area contributed by atoms with Gasteiger partial charge in [-0.15, -0.1) is 0 Å². The molecular weight excluding hydrogens is 172 g/mol. The molecule has 2 N–H and O–H groups in total. The van der Waals surface area contributed by atoms with Crippen LogP contribution < -0.4 is 10.8 Å². The number of carbonyl (C=O) groups excluding carboxylic acids is 1. The molecule has 0 aromatic carbocycles. The zero-order valence-electron chi connectivity index (χ0n) is 7.58. The number of amides is 2. The van der Waals surface area contributed by atoms with Crippen molar-refractivity contribution < 1.29 is 14.4 Å². The SMILES string of the molecule is CCONC(=O)NC1[C@H]2COC[C@H]12. The number of hydrogen-bond acceptors (Lipinski definition) is 3. The molecule has 0 spiro atoms. The topological polar surface area (TPSA) is 59.6 Å². The molecule has 0 unspecified atom stereocenters. The van der Waals surface area contributed by atoms with E-state index in [1.54, 1.807) is 0 Å². The van der Waals surface area contributed by atoms with Crippen molar-refractivity contribution in [3.63, 3.8) is 0 Å². The van der Waals surface area contributed by atoms with Gasteiger partial charge in [-0.25, -0.2) is 10.3 Å². The number of rotatable bonds is 3. The Hall–Kier alpha value is -0.810. The lowest BCUT2D eigenvalue weighted by atomic mass is 10.4. The lowest BCUT2D eigenvalue weighted by Crippen LogP contribution is -2.38. The first kappa shape index (κ1) is 8.77. The van der Waals surface area contributed by atoms with Crippen LogP contribution in [-0.2, 0) is 9.57 Å². The second-order valence-corrected chi connectivity index (χ2v) is 3.40. The molecule has 0 aromatic rings. The van der Waals surface area contributed by atoms with E-state index in [9.17, 15) is 4.79 Å². The minimum absolute atomic E-state index is 0.249. The highest BCUT2D eigenvalue weighted by atomic mass is 16.7. The maximum atomic E-state index is 11.1. The molecule has 1 heterocycles. The van der Waals surface area contributed by atoms with Gasteiger partial charge < -0.3 is 10.1 Å². The molecule has 1 aliphatic carbocycles. The molecule has 2 aliphatic rings. The Morgan fingerprint density at radius 1 is 1.54 bits per heavy atom. The van der Waals surface area contributed by atoms with Gasteiger partial charge in [-0.3, -0.25) is 4.84 Å². The number of urea groups is 1. The van der Waals surface area contributed by atoms with Crippen molar-refractivity contribution in [1.82, 2.24) is 10.8 Å². The molecule has 2 atom stereocenters. The van der Waals surface area contributed by atoms with Crippen LogP contribution >= 0.6 is 0 Å². The van der Waals surface area contributed by atoms with Crippen LogP contribution in [0.2, 0.25) is 0 Å². The summed E-state index contributed by atoms with van der Waals surface area (Å²) in [5, 5.41) is 2.84. The maximum Gasteiger partial charge on any atom is 0.338 e. The van der Waals surface area contributed by atoms with Crippen molar-refractivity contribution in [1.29, 1.82) is 0 Å². The molecule has 74 valence electrons. The summed E-state index contributed by atoms with van der Waals surface area (Å²) in [5.41, 5.74) is 2.30. The fourth-order valence-corrected chi connectivity index (χ4v) is 1.77. The predicted molar refractivity (Wildman–Crippen MR) is 44.9 cm³/mol. The molecule has 0 aromatic heterocycles. The van der Waals surface area contributed by atoms with Crippen molar-refractivity contribution in [2.45, 2.75) is 13.0 Å². The first-order valence-corrected chi connectivity index (χ1v) is 4.59. The minimum Gasteiger partial charge on any atom is -0.381 e. The highest BCUT2D eigenvalue weighted by Crippen LogP contribution is 2.43. The molecule has 5 nitrogen and oxygen atoms in total. The first-order chi connectivity index (χ1) is 6.33. The van der Waals surface area contributed by atoms with Crippen LogP contribution in [0.3, 0.4) is 0 Å². The van der Waals surface area contributed by atoms with E-state index in [0.717, 1.165) is 13.2 Å². The third-order valence-corrected chi connectivity index (χ3v) is 2.56. The van der Waals surface area contributed by atoms with Gasteiger partial charge in [-0.2, -0.15) is 0 Å². The summed E-state index contributed by atoms with van der Waals surface area (Å²) in [6.07, 6.45) is 0. The van der Waals surface area contributed by atoms with Gasteiger partial charge >= 0.3 is 6.03 Å². The Bertz CT molecular complexity index is 200. The minimum atomic E-state index is -0.249. The van der Waals surface area contributed by atoms with Crippen LogP contribution in [0.4, 0.5) is 4.79 Å². The lowest BCUT2D eigenvalue weighted by molar-refractivity contribution is 0.0693. The van der Waals surface area contributed by atoms with Crippen molar-refractivity contribution >= 4 is 6.03 Å². The van der Waals surface area contributed by atoms with Crippen LogP contribution in [0.1, 0.15) is 6.92 Å². The fourth-order valence-electron chi connectivity index (χ4n) is 1.77. The molecule has 5 heteroatoms. The Labute approximate surface area is 76.7 Å². The van der Waals surface area contributed by atoms with Crippen LogP contribution in [0.5, 0.6) is 0 Å². The van der Waals surface area contributed by atoms with Crippen molar-refractivity contribution in [2.75, 3.05) is 19.8 Å². The van der Waals surface area contributed by atoms with Gasteiger partial charge in [0.15, 0.2) is 0 Å². The zero-order chi connectivity index (χ0) is 9.26. The number of hydrogen-bond donors (Lipinski definition) is 2. The summed E-state index contributed by atoms with van der Waals surface area (Å²) in [4.78, 5) is 15.8. The second kappa shape index (κ2) is 3.51. The monoisotopic (exact) mass is 186 g/mol. The third kappa shape index (κ3) is 1.76. The van der Waals surface area contributed by atoms with E-state index in [0.29, 0.717) is 24.5 Å². The van der Waals surface area contributed by atoms with Crippen molar-refractivity contribution in [2.24, 2.45) is 11.8 Å². The second-order valence-electron chi connectivity index (χ2n) is 3.40. The molecule has 2 amide bonds. The van der Waals surface area contributed by atoms with Crippen molar-refractivity contribution in [3.8, 4) is 0 Å². The number of nitrogens with one attached hydrogen (secondary N) is 2. The van der Waals surface area contributed by atoms with Crippen LogP contribution in [-0.4, -0.2) is 31.9 Å². The van der Waals surface area contributed by atoms with Gasteiger partial charge in [0.2, 0.25) is 0 Å². The number of fused-ring (bicyclic) bond motifs is 1. The predicted octanol–water partition coefficient (Wildman–Crippen LogP) is -0.118. The smallest absolute Gasteiger partial charge is 0.338 e. The summed E-state index contributed by atoms with van der Waals surface area (Å²) in [6, 6.07) is 0.0513. The zero-order valence-corrected chi connectivity index (χ0v) is 7.58. The molecule has 2 fully saturated rings. The van der Waals surface area contributed by atoms with E-state index in [1.807, 2.05) is 6.92 Å². The summed E-state index contributed by atoms with van der Waals surface area (Å²) >= 11 is 0. The summed E-state index contributed by atoms with van der Waals surface area (Å²) in [5.74, 6) is 1.07. The summed E-state index contributed by atoms with van der Waals surface area (Å²) in [7, 11) is 0. The molecule has 13 heavy (non-hydrogen) atoms. The van der Waals surface area contributed by atoms with E-state index >= 15 is 0 Å². The van der Waals surface area contributed by atoms with Gasteiger partial charge in [0.1, 0.15) is 0 Å². The van der Waals surface area contributed by atoms with Gasteiger partial charge in [0.05, 0.1) is 19.8 Å². The fraction of sp³-hybridized carbons (Fsp3) is 0.875. The normalized spacial score (nSPS) is 35.3. The highest BCUT2D eigenvalue weighted by molar-refractivity contribution is 5.73. The number of carbonyl (C=O) groups is 1. The van der Waals surface area contributed by atoms with E-state index in [1.165, 1.54) is 0 Å². The van der Waals surface area contributed by atoms with E-state index in [2.05, 4.69) is 10.8 Å². The standard InChI is InChI=1S/C8H14N2O3/c1-2-13-10-8(11)9-7-5-3-12-4-6(5)7/h5-7H,2-4H2,1H3,(H2,9,10,11)/t5-,6-/m0/s1. The lowest BCUT2D eigenvalue weighted by Gasteiger charge is -2.07. The molecule has 0 bridgehead atoms. The molecule has 2 rings (SSSR count). The van der Waals surface area contributed by atoms with E-state index < -0.39 is 0 Å². The summed E-state index contributed by atoms with van der Waals surface area (Å²) in [6.45, 7) is 3.86. The third-order valence-electron chi connectivity index (χ3n) is 2.56. The average molecular weight is 186 g/mol. The first-order valence-electron chi connectivity index (χ1n) is 4.59. The number of hydroxylamine groups is 1. The Balaban J connectivity index is 1.65. The van der Waals surface area contributed by atoms with Crippen LogP contribution in [0.25, 0.3) is 0 Å². The molecule has 1 saturated heterocycles. The summed E-state index contributed by atoms with van der Waals surface area (Å²) < 4.78 is 5.20. The number of ether oxygens (including phenoxy) is 1. The highest BCUT2D eigenvalue weighted by Gasteiger charge is 2.54. The molecule has 1 aliphatic heterocycles. The molecule has 0 radical (unpaired) electrons. The Morgan fingerprint density at radius 3 is 2.85 bits per heavy atom.